The first-order valence-electron chi connectivity index (χ1n) is 6.53. The zero-order valence-electron chi connectivity index (χ0n) is 11.4. The van der Waals surface area contributed by atoms with Crippen LogP contribution >= 0.6 is 0 Å². The molecule has 0 aliphatic heterocycles. The molecule has 0 bridgehead atoms. The molecule has 108 valence electrons. The average molecular weight is 297 g/mol. The number of benzene rings is 2. The Morgan fingerprint density at radius 1 is 0.909 bits per heavy atom. The number of aromatic nitrogens is 1. The molecule has 0 aliphatic rings. The Bertz CT molecular complexity index is 889. The lowest BCUT2D eigenvalue weighted by Gasteiger charge is -2.14. The SMILES string of the molecule is C#Cc1ccc(-c2ccccc2C(F)(F)F)c2ncccc12. The molecule has 3 rings (SSSR count). The van der Waals surface area contributed by atoms with Crippen molar-refractivity contribution in [2.45, 2.75) is 6.18 Å². The first-order chi connectivity index (χ1) is 10.5. The second-order valence-corrected chi connectivity index (χ2v) is 4.75. The maximum atomic E-state index is 13.2. The number of rotatable bonds is 1. The second-order valence-electron chi connectivity index (χ2n) is 4.75. The summed E-state index contributed by atoms with van der Waals surface area (Å²) >= 11 is 0. The minimum atomic E-state index is -4.43. The molecule has 0 N–H and O–H groups in total. The molecule has 0 spiro atoms. The highest BCUT2D eigenvalue weighted by Crippen LogP contribution is 2.39. The predicted octanol–water partition coefficient (Wildman–Crippen LogP) is 4.90. The first kappa shape index (κ1) is 14.2. The van der Waals surface area contributed by atoms with Gasteiger partial charge in [-0.05, 0) is 23.8 Å². The molecular weight excluding hydrogens is 287 g/mol. The third-order valence-electron chi connectivity index (χ3n) is 3.45. The van der Waals surface area contributed by atoms with Crippen LogP contribution in [0.5, 0.6) is 0 Å². The van der Waals surface area contributed by atoms with Crippen LogP contribution in [-0.4, -0.2) is 4.98 Å². The van der Waals surface area contributed by atoms with Crippen molar-refractivity contribution >= 4 is 10.9 Å². The molecule has 4 heteroatoms. The minimum absolute atomic E-state index is 0.0993. The summed E-state index contributed by atoms with van der Waals surface area (Å²) < 4.78 is 39.7. The van der Waals surface area contributed by atoms with E-state index in [1.165, 1.54) is 12.1 Å². The topological polar surface area (TPSA) is 12.9 Å². The lowest BCUT2D eigenvalue weighted by Crippen LogP contribution is -2.07. The van der Waals surface area contributed by atoms with Gasteiger partial charge in [-0.2, -0.15) is 13.2 Å². The fourth-order valence-corrected chi connectivity index (χ4v) is 2.48. The third-order valence-corrected chi connectivity index (χ3v) is 3.45. The van der Waals surface area contributed by atoms with E-state index in [2.05, 4.69) is 10.9 Å². The summed E-state index contributed by atoms with van der Waals surface area (Å²) in [6, 6.07) is 12.2. The van der Waals surface area contributed by atoms with E-state index in [0.29, 0.717) is 22.0 Å². The van der Waals surface area contributed by atoms with Crippen molar-refractivity contribution in [3.63, 3.8) is 0 Å². The van der Waals surface area contributed by atoms with Gasteiger partial charge in [-0.1, -0.05) is 36.3 Å². The highest BCUT2D eigenvalue weighted by molar-refractivity contribution is 5.97. The van der Waals surface area contributed by atoms with Gasteiger partial charge in [-0.3, -0.25) is 4.98 Å². The highest BCUT2D eigenvalue weighted by atomic mass is 19.4. The van der Waals surface area contributed by atoms with Gasteiger partial charge in [0.1, 0.15) is 0 Å². The quantitative estimate of drug-likeness (QED) is 0.582. The van der Waals surface area contributed by atoms with Gasteiger partial charge in [0.2, 0.25) is 0 Å². The highest BCUT2D eigenvalue weighted by Gasteiger charge is 2.33. The van der Waals surface area contributed by atoms with Crippen LogP contribution in [0.3, 0.4) is 0 Å². The molecule has 0 unspecified atom stereocenters. The van der Waals surface area contributed by atoms with Crippen LogP contribution in [0.1, 0.15) is 11.1 Å². The summed E-state index contributed by atoms with van der Waals surface area (Å²) in [6.45, 7) is 0. The molecule has 1 aromatic heterocycles. The molecule has 2 aromatic carbocycles. The third kappa shape index (κ3) is 2.31. The van der Waals surface area contributed by atoms with E-state index in [9.17, 15) is 13.2 Å². The molecule has 3 aromatic rings. The van der Waals surface area contributed by atoms with Gasteiger partial charge >= 0.3 is 6.18 Å². The summed E-state index contributed by atoms with van der Waals surface area (Å²) in [6.07, 6.45) is 2.56. The van der Waals surface area contributed by atoms with E-state index in [4.69, 9.17) is 6.42 Å². The van der Waals surface area contributed by atoms with E-state index < -0.39 is 11.7 Å². The number of hydrogen-bond acceptors (Lipinski definition) is 1. The van der Waals surface area contributed by atoms with Gasteiger partial charge in [0.05, 0.1) is 11.1 Å². The van der Waals surface area contributed by atoms with Crippen molar-refractivity contribution in [2.24, 2.45) is 0 Å². The van der Waals surface area contributed by atoms with Crippen molar-refractivity contribution in [1.29, 1.82) is 0 Å². The fraction of sp³-hybridized carbons (Fsp3) is 0.0556. The van der Waals surface area contributed by atoms with Gasteiger partial charge in [0.15, 0.2) is 0 Å². The molecule has 22 heavy (non-hydrogen) atoms. The maximum Gasteiger partial charge on any atom is 0.417 e. The zero-order chi connectivity index (χ0) is 15.7. The summed E-state index contributed by atoms with van der Waals surface area (Å²) in [5.41, 5.74) is 0.909. The number of pyridine rings is 1. The van der Waals surface area contributed by atoms with E-state index in [1.54, 1.807) is 36.5 Å². The normalized spacial score (nSPS) is 11.4. The summed E-state index contributed by atoms with van der Waals surface area (Å²) in [5, 5.41) is 0.666. The van der Waals surface area contributed by atoms with Gasteiger partial charge in [-0.15, -0.1) is 6.42 Å². The van der Waals surface area contributed by atoms with Crippen LogP contribution in [0.25, 0.3) is 22.0 Å². The van der Waals surface area contributed by atoms with E-state index >= 15 is 0 Å². The van der Waals surface area contributed by atoms with Gasteiger partial charge < -0.3 is 0 Å². The Morgan fingerprint density at radius 2 is 1.68 bits per heavy atom. The molecule has 0 fully saturated rings. The summed E-state index contributed by atoms with van der Waals surface area (Å²) in [4.78, 5) is 4.23. The average Bonchev–Trinajstić information content (AvgIpc) is 2.53. The molecule has 1 nitrogen and oxygen atoms in total. The van der Waals surface area contributed by atoms with Crippen LogP contribution in [0.2, 0.25) is 0 Å². The molecule has 0 radical (unpaired) electrons. The Labute approximate surface area is 125 Å². The molecule has 1 heterocycles. The Kier molecular flexibility index (Phi) is 3.34. The molecule has 0 saturated heterocycles. The maximum absolute atomic E-state index is 13.2. The van der Waals surface area contributed by atoms with Gasteiger partial charge in [0.25, 0.3) is 0 Å². The molecule has 0 saturated carbocycles. The lowest BCUT2D eigenvalue weighted by atomic mass is 9.95. The number of hydrogen-bond donors (Lipinski definition) is 0. The summed E-state index contributed by atoms with van der Waals surface area (Å²) in [5.74, 6) is 2.53. The molecular formula is C18H10F3N. The second kappa shape index (κ2) is 5.19. The molecule has 0 aliphatic carbocycles. The largest absolute Gasteiger partial charge is 0.417 e. The Hall–Kier alpha value is -2.80. The molecule has 0 amide bonds. The number of alkyl halides is 3. The van der Waals surface area contributed by atoms with Crippen LogP contribution in [0.4, 0.5) is 13.2 Å². The summed E-state index contributed by atoms with van der Waals surface area (Å²) in [7, 11) is 0. The van der Waals surface area contributed by atoms with E-state index in [0.717, 1.165) is 6.07 Å². The smallest absolute Gasteiger partial charge is 0.256 e. The van der Waals surface area contributed by atoms with Crippen LogP contribution < -0.4 is 0 Å². The van der Waals surface area contributed by atoms with Gasteiger partial charge in [-0.25, -0.2) is 0 Å². The van der Waals surface area contributed by atoms with Crippen molar-refractivity contribution in [3.8, 4) is 23.5 Å². The van der Waals surface area contributed by atoms with Crippen LogP contribution in [0.15, 0.2) is 54.7 Å². The van der Waals surface area contributed by atoms with Crippen LogP contribution in [0, 0.1) is 12.3 Å². The molecule has 0 atom stereocenters. The standard InChI is InChI=1S/C18H10F3N/c1-2-12-9-10-15(17-13(12)7-5-11-22-17)14-6-3-4-8-16(14)18(19,20)21/h1,3-11H. The van der Waals surface area contributed by atoms with Gasteiger partial charge in [0, 0.05) is 22.7 Å². The first-order valence-corrected chi connectivity index (χ1v) is 6.53. The van der Waals surface area contributed by atoms with Crippen molar-refractivity contribution in [1.82, 2.24) is 4.98 Å². The lowest BCUT2D eigenvalue weighted by molar-refractivity contribution is -0.137. The number of terminal acetylenes is 1. The predicted molar refractivity (Wildman–Crippen MR) is 80.1 cm³/mol. The number of halogens is 3. The van der Waals surface area contributed by atoms with E-state index in [1.807, 2.05) is 0 Å². The Morgan fingerprint density at radius 3 is 2.41 bits per heavy atom. The zero-order valence-corrected chi connectivity index (χ0v) is 11.4. The number of fused-ring (bicyclic) bond motifs is 1. The number of nitrogens with zero attached hydrogens (tertiary/aromatic N) is 1. The fourth-order valence-electron chi connectivity index (χ4n) is 2.48. The Balaban J connectivity index is 2.37. The monoisotopic (exact) mass is 297 g/mol. The van der Waals surface area contributed by atoms with Crippen LogP contribution in [-0.2, 0) is 6.18 Å². The minimum Gasteiger partial charge on any atom is -0.256 e. The van der Waals surface area contributed by atoms with Crippen molar-refractivity contribution in [3.05, 3.63) is 65.9 Å². The van der Waals surface area contributed by atoms with Crippen molar-refractivity contribution in [2.75, 3.05) is 0 Å². The van der Waals surface area contributed by atoms with Crippen molar-refractivity contribution < 1.29 is 13.2 Å². The van der Waals surface area contributed by atoms with E-state index in [-0.39, 0.29) is 5.56 Å².